The number of hydrogen-bond acceptors (Lipinski definition) is 3. The fourth-order valence-electron chi connectivity index (χ4n) is 2.96. The van der Waals surface area contributed by atoms with E-state index in [1.165, 1.54) is 12.1 Å². The van der Waals surface area contributed by atoms with Crippen LogP contribution >= 0.6 is 23.2 Å². The first-order valence-corrected chi connectivity index (χ1v) is 9.04. The van der Waals surface area contributed by atoms with Gasteiger partial charge in [0.05, 0.1) is 10.0 Å². The maximum Gasteiger partial charge on any atom is 0.254 e. The van der Waals surface area contributed by atoms with Gasteiger partial charge in [0.1, 0.15) is 5.75 Å². The average Bonchev–Trinajstić information content (AvgIpc) is 2.89. The lowest BCUT2D eigenvalue weighted by atomic mass is 10.2. The largest absolute Gasteiger partial charge is 0.508 e. The van der Waals surface area contributed by atoms with Crippen LogP contribution in [-0.2, 0) is 0 Å². The zero-order chi connectivity index (χ0) is 18.7. The van der Waals surface area contributed by atoms with E-state index in [1.54, 1.807) is 40.1 Å². The molecule has 136 valence electrons. The molecule has 0 radical (unpaired) electrons. The van der Waals surface area contributed by atoms with Crippen LogP contribution in [0.3, 0.4) is 0 Å². The SMILES string of the molecule is O=C(c1cccc(O)c1)N1CCCN(C(=O)c2ccc(Cl)c(Cl)c2)CC1. The first-order chi connectivity index (χ1) is 12.5. The number of phenols is 1. The molecule has 1 aliphatic heterocycles. The van der Waals surface area contributed by atoms with Crippen molar-refractivity contribution in [2.75, 3.05) is 26.2 Å². The summed E-state index contributed by atoms with van der Waals surface area (Å²) in [6.45, 7) is 1.98. The lowest BCUT2D eigenvalue weighted by Gasteiger charge is -2.22. The number of halogens is 2. The maximum atomic E-state index is 12.7. The van der Waals surface area contributed by atoms with Gasteiger partial charge in [-0.25, -0.2) is 0 Å². The molecule has 1 heterocycles. The Kier molecular flexibility index (Phi) is 5.69. The summed E-state index contributed by atoms with van der Waals surface area (Å²) in [5.41, 5.74) is 0.918. The molecule has 0 spiro atoms. The van der Waals surface area contributed by atoms with E-state index in [0.717, 1.165) is 0 Å². The van der Waals surface area contributed by atoms with Crippen molar-refractivity contribution < 1.29 is 14.7 Å². The highest BCUT2D eigenvalue weighted by atomic mass is 35.5. The third kappa shape index (κ3) is 4.11. The molecule has 5 nitrogen and oxygen atoms in total. The van der Waals surface area contributed by atoms with E-state index < -0.39 is 0 Å². The first-order valence-electron chi connectivity index (χ1n) is 8.28. The van der Waals surface area contributed by atoms with Crippen molar-refractivity contribution in [3.05, 3.63) is 63.6 Å². The molecule has 1 fully saturated rings. The summed E-state index contributed by atoms with van der Waals surface area (Å²) in [6, 6.07) is 11.1. The molecule has 0 aromatic heterocycles. The van der Waals surface area contributed by atoms with Crippen molar-refractivity contribution >= 4 is 35.0 Å². The molecule has 0 bridgehead atoms. The zero-order valence-corrected chi connectivity index (χ0v) is 15.5. The van der Waals surface area contributed by atoms with Gasteiger partial charge < -0.3 is 14.9 Å². The van der Waals surface area contributed by atoms with Gasteiger partial charge in [-0.3, -0.25) is 9.59 Å². The predicted octanol–water partition coefficient (Wildman–Crippen LogP) is 3.69. The fraction of sp³-hybridized carbons (Fsp3) is 0.263. The van der Waals surface area contributed by atoms with Crippen molar-refractivity contribution in [2.45, 2.75) is 6.42 Å². The first kappa shape index (κ1) is 18.5. The summed E-state index contributed by atoms with van der Waals surface area (Å²) in [5.74, 6) is -0.220. The van der Waals surface area contributed by atoms with Crippen LogP contribution in [0.15, 0.2) is 42.5 Å². The van der Waals surface area contributed by atoms with E-state index in [9.17, 15) is 14.7 Å². The van der Waals surface area contributed by atoms with E-state index in [0.29, 0.717) is 53.8 Å². The Bertz CT molecular complexity index is 841. The summed E-state index contributed by atoms with van der Waals surface area (Å²) in [4.78, 5) is 28.7. The molecule has 26 heavy (non-hydrogen) atoms. The van der Waals surface area contributed by atoms with Crippen LogP contribution in [0.4, 0.5) is 0 Å². The van der Waals surface area contributed by atoms with Gasteiger partial charge in [-0.2, -0.15) is 0 Å². The van der Waals surface area contributed by atoms with Crippen molar-refractivity contribution in [2.24, 2.45) is 0 Å². The van der Waals surface area contributed by atoms with Crippen molar-refractivity contribution in [1.82, 2.24) is 9.80 Å². The molecule has 1 saturated heterocycles. The average molecular weight is 393 g/mol. The second-order valence-corrected chi connectivity index (χ2v) is 6.93. The minimum Gasteiger partial charge on any atom is -0.508 e. The minimum atomic E-state index is -0.148. The van der Waals surface area contributed by atoms with Gasteiger partial charge in [-0.05, 0) is 42.8 Å². The zero-order valence-electron chi connectivity index (χ0n) is 14.0. The Labute approximate surface area is 161 Å². The van der Waals surface area contributed by atoms with Gasteiger partial charge in [0.25, 0.3) is 11.8 Å². The number of rotatable bonds is 2. The van der Waals surface area contributed by atoms with E-state index in [1.807, 2.05) is 0 Å². The molecule has 2 aromatic carbocycles. The number of benzene rings is 2. The second kappa shape index (κ2) is 7.98. The molecule has 0 saturated carbocycles. The van der Waals surface area contributed by atoms with Crippen LogP contribution in [0, 0.1) is 0 Å². The number of aromatic hydroxyl groups is 1. The quantitative estimate of drug-likeness (QED) is 0.847. The van der Waals surface area contributed by atoms with Gasteiger partial charge in [0.2, 0.25) is 0 Å². The maximum absolute atomic E-state index is 12.7. The standard InChI is InChI=1S/C19H18Cl2N2O3/c20-16-6-5-14(12-17(16)21)19(26)23-8-2-7-22(9-10-23)18(25)13-3-1-4-15(24)11-13/h1,3-6,11-12,24H,2,7-10H2. The third-order valence-corrected chi connectivity index (χ3v) is 5.07. The number of nitrogens with zero attached hydrogens (tertiary/aromatic N) is 2. The van der Waals surface area contributed by atoms with Gasteiger partial charge in [-0.1, -0.05) is 29.3 Å². The van der Waals surface area contributed by atoms with Gasteiger partial charge >= 0.3 is 0 Å². The monoisotopic (exact) mass is 392 g/mol. The molecule has 1 aliphatic rings. The van der Waals surface area contributed by atoms with E-state index in [-0.39, 0.29) is 17.6 Å². The smallest absolute Gasteiger partial charge is 0.254 e. The van der Waals surface area contributed by atoms with Crippen LogP contribution in [0.5, 0.6) is 5.75 Å². The molecule has 2 amide bonds. The third-order valence-electron chi connectivity index (χ3n) is 4.33. The van der Waals surface area contributed by atoms with Crippen LogP contribution in [0.2, 0.25) is 10.0 Å². The number of carbonyl (C=O) groups is 2. The van der Waals surface area contributed by atoms with Crippen LogP contribution in [-0.4, -0.2) is 52.9 Å². The summed E-state index contributed by atoms with van der Waals surface area (Å²) in [7, 11) is 0. The Morgan fingerprint density at radius 2 is 1.42 bits per heavy atom. The Hall–Kier alpha value is -2.24. The lowest BCUT2D eigenvalue weighted by Crippen LogP contribution is -2.37. The molecule has 0 aliphatic carbocycles. The molecule has 7 heteroatoms. The minimum absolute atomic E-state index is 0.0575. The number of hydrogen-bond donors (Lipinski definition) is 1. The van der Waals surface area contributed by atoms with E-state index in [2.05, 4.69) is 0 Å². The summed E-state index contributed by atoms with van der Waals surface area (Å²) in [5, 5.41) is 10.3. The topological polar surface area (TPSA) is 60.9 Å². The van der Waals surface area contributed by atoms with Gasteiger partial charge in [0, 0.05) is 37.3 Å². The fourth-order valence-corrected chi connectivity index (χ4v) is 3.25. The van der Waals surface area contributed by atoms with E-state index >= 15 is 0 Å². The molecule has 1 N–H and O–H groups in total. The van der Waals surface area contributed by atoms with Crippen molar-refractivity contribution in [3.63, 3.8) is 0 Å². The lowest BCUT2D eigenvalue weighted by molar-refractivity contribution is 0.0718. The molecule has 0 unspecified atom stereocenters. The number of carbonyl (C=O) groups excluding carboxylic acids is 2. The molecule has 2 aromatic rings. The normalized spacial score (nSPS) is 14.8. The summed E-state index contributed by atoms with van der Waals surface area (Å²) < 4.78 is 0. The highest BCUT2D eigenvalue weighted by Crippen LogP contribution is 2.23. The highest BCUT2D eigenvalue weighted by molar-refractivity contribution is 6.42. The van der Waals surface area contributed by atoms with Crippen LogP contribution < -0.4 is 0 Å². The predicted molar refractivity (Wildman–Crippen MR) is 101 cm³/mol. The van der Waals surface area contributed by atoms with Crippen LogP contribution in [0.1, 0.15) is 27.1 Å². The second-order valence-electron chi connectivity index (χ2n) is 6.12. The molecular weight excluding hydrogens is 375 g/mol. The molecule has 0 atom stereocenters. The molecule has 3 rings (SSSR count). The number of phenolic OH excluding ortho intramolecular Hbond substituents is 1. The number of amides is 2. The Balaban J connectivity index is 1.68. The van der Waals surface area contributed by atoms with Crippen molar-refractivity contribution in [1.29, 1.82) is 0 Å². The van der Waals surface area contributed by atoms with Crippen LogP contribution in [0.25, 0.3) is 0 Å². The highest BCUT2D eigenvalue weighted by Gasteiger charge is 2.24. The van der Waals surface area contributed by atoms with Gasteiger partial charge in [0.15, 0.2) is 0 Å². The van der Waals surface area contributed by atoms with E-state index in [4.69, 9.17) is 23.2 Å². The summed E-state index contributed by atoms with van der Waals surface area (Å²) >= 11 is 11.9. The van der Waals surface area contributed by atoms with Crippen molar-refractivity contribution in [3.8, 4) is 5.75 Å². The molecular formula is C19H18Cl2N2O3. The Morgan fingerprint density at radius 1 is 0.808 bits per heavy atom. The van der Waals surface area contributed by atoms with Gasteiger partial charge in [-0.15, -0.1) is 0 Å². The summed E-state index contributed by atoms with van der Waals surface area (Å²) in [6.07, 6.45) is 0.678. The Morgan fingerprint density at radius 3 is 2.00 bits per heavy atom.